The number of hydrogen-bond acceptors (Lipinski definition) is 4. The molecule has 0 aliphatic rings. The first-order chi connectivity index (χ1) is 8.54. The molecule has 0 radical (unpaired) electrons. The number of halogens is 2. The number of carbonyl (C=O) groups excluding carboxylic acids is 1. The van der Waals surface area contributed by atoms with Crippen LogP contribution in [0.15, 0.2) is 12.1 Å². The Bertz CT molecular complexity index is 436. The molecule has 0 spiro atoms. The van der Waals surface area contributed by atoms with Crippen molar-refractivity contribution >= 4 is 5.78 Å². The molecule has 0 amide bonds. The number of methoxy groups -OCH3 is 2. The van der Waals surface area contributed by atoms with Gasteiger partial charge in [0.25, 0.3) is 6.43 Å². The summed E-state index contributed by atoms with van der Waals surface area (Å²) in [6.45, 7) is 0.164. The number of Topliss-reactive ketones (excluding diaryl/α,β-unsaturated/α-hetero) is 1. The van der Waals surface area contributed by atoms with Crippen LogP contribution in [0.25, 0.3) is 0 Å². The summed E-state index contributed by atoms with van der Waals surface area (Å²) >= 11 is 0. The highest BCUT2D eigenvalue weighted by molar-refractivity contribution is 5.97. The molecule has 6 heteroatoms. The zero-order valence-corrected chi connectivity index (χ0v) is 10.2. The van der Waals surface area contributed by atoms with Crippen molar-refractivity contribution in [2.45, 2.75) is 12.8 Å². The fourth-order valence-electron chi connectivity index (χ4n) is 1.59. The quantitative estimate of drug-likeness (QED) is 0.795. The molecule has 0 aliphatic heterocycles. The summed E-state index contributed by atoms with van der Waals surface area (Å²) < 4.78 is 35.6. The Morgan fingerprint density at radius 2 is 2.00 bits per heavy atom. The lowest BCUT2D eigenvalue weighted by molar-refractivity contribution is 0.0984. The van der Waals surface area contributed by atoms with E-state index in [1.165, 1.54) is 20.3 Å². The maximum absolute atomic E-state index is 12.9. The van der Waals surface area contributed by atoms with Crippen LogP contribution >= 0.6 is 0 Å². The predicted molar refractivity (Wildman–Crippen MR) is 62.5 cm³/mol. The van der Waals surface area contributed by atoms with E-state index in [0.717, 1.165) is 6.07 Å². The lowest BCUT2D eigenvalue weighted by atomic mass is 10.0. The Morgan fingerprint density at radius 3 is 2.44 bits per heavy atom. The van der Waals surface area contributed by atoms with Crippen molar-refractivity contribution in [1.29, 1.82) is 0 Å². The average Bonchev–Trinajstić information content (AvgIpc) is 2.37. The molecule has 0 aromatic heterocycles. The van der Waals surface area contributed by atoms with Crippen LogP contribution in [0, 0.1) is 0 Å². The monoisotopic (exact) mass is 259 g/mol. The Kier molecular flexibility index (Phi) is 5.03. The van der Waals surface area contributed by atoms with E-state index < -0.39 is 6.43 Å². The highest BCUT2D eigenvalue weighted by Gasteiger charge is 2.21. The molecule has 18 heavy (non-hydrogen) atoms. The molecule has 1 aromatic carbocycles. The third-order valence-corrected chi connectivity index (χ3v) is 2.44. The number of benzene rings is 1. The summed E-state index contributed by atoms with van der Waals surface area (Å²) in [5.74, 6) is -0.257. The van der Waals surface area contributed by atoms with Gasteiger partial charge in [0.15, 0.2) is 17.3 Å². The van der Waals surface area contributed by atoms with Gasteiger partial charge in [0.1, 0.15) is 0 Å². The second-order valence-electron chi connectivity index (χ2n) is 3.56. The van der Waals surface area contributed by atoms with Crippen molar-refractivity contribution in [3.05, 3.63) is 23.3 Å². The lowest BCUT2D eigenvalue weighted by Crippen LogP contribution is -2.09. The number of hydrogen-bond donors (Lipinski definition) is 1. The molecule has 0 fully saturated rings. The summed E-state index contributed by atoms with van der Waals surface area (Å²) in [5, 5.41) is 0. The van der Waals surface area contributed by atoms with Gasteiger partial charge >= 0.3 is 0 Å². The first-order valence-corrected chi connectivity index (χ1v) is 5.32. The van der Waals surface area contributed by atoms with E-state index in [1.54, 1.807) is 0 Å². The molecule has 0 unspecified atom stereocenters. The molecule has 0 aliphatic carbocycles. The van der Waals surface area contributed by atoms with Crippen LogP contribution in [0.1, 0.15) is 28.8 Å². The zero-order valence-electron chi connectivity index (χ0n) is 10.2. The van der Waals surface area contributed by atoms with Crippen LogP contribution in [0.4, 0.5) is 8.78 Å². The Labute approximate surface area is 104 Å². The topological polar surface area (TPSA) is 61.5 Å². The van der Waals surface area contributed by atoms with Crippen molar-refractivity contribution in [3.8, 4) is 11.5 Å². The molecule has 2 N–H and O–H groups in total. The van der Waals surface area contributed by atoms with Crippen molar-refractivity contribution in [1.82, 2.24) is 0 Å². The third kappa shape index (κ3) is 2.95. The molecule has 4 nitrogen and oxygen atoms in total. The van der Waals surface area contributed by atoms with Crippen molar-refractivity contribution in [3.63, 3.8) is 0 Å². The van der Waals surface area contributed by atoms with Crippen LogP contribution < -0.4 is 15.2 Å². The Hall–Kier alpha value is -1.69. The number of nitrogens with two attached hydrogens (primary N) is 1. The molecule has 0 atom stereocenters. The number of ether oxygens (including phenoxy) is 2. The molecule has 0 heterocycles. The largest absolute Gasteiger partial charge is 0.493 e. The normalized spacial score (nSPS) is 10.6. The zero-order chi connectivity index (χ0) is 13.7. The Balaban J connectivity index is 3.31. The van der Waals surface area contributed by atoms with Crippen molar-refractivity contribution < 1.29 is 23.0 Å². The molecular formula is C12H15F2NO3. The van der Waals surface area contributed by atoms with E-state index in [0.29, 0.717) is 0 Å². The van der Waals surface area contributed by atoms with Crippen LogP contribution in [0.2, 0.25) is 0 Å². The number of ketones is 1. The fraction of sp³-hybridized carbons (Fsp3) is 0.417. The number of rotatable bonds is 6. The van der Waals surface area contributed by atoms with Gasteiger partial charge in [0.05, 0.1) is 19.8 Å². The standard InChI is InChI=1S/C12H15F2NO3/c1-17-10-6-7(9(16)3-4-15)5-8(12(13)14)11(10)18-2/h5-6,12H,3-4,15H2,1-2H3. The maximum Gasteiger partial charge on any atom is 0.267 e. The highest BCUT2D eigenvalue weighted by Crippen LogP contribution is 2.38. The van der Waals surface area contributed by atoms with Gasteiger partial charge < -0.3 is 15.2 Å². The van der Waals surface area contributed by atoms with E-state index in [4.69, 9.17) is 15.2 Å². The molecule has 0 saturated heterocycles. The van der Waals surface area contributed by atoms with Crippen LogP contribution in [-0.4, -0.2) is 26.5 Å². The maximum atomic E-state index is 12.9. The second kappa shape index (κ2) is 6.30. The third-order valence-electron chi connectivity index (χ3n) is 2.44. The minimum absolute atomic E-state index is 0.0585. The minimum Gasteiger partial charge on any atom is -0.493 e. The van der Waals surface area contributed by atoms with Gasteiger partial charge in [0, 0.05) is 12.0 Å². The van der Waals surface area contributed by atoms with Crippen LogP contribution in [0.3, 0.4) is 0 Å². The fourth-order valence-corrected chi connectivity index (χ4v) is 1.59. The molecule has 1 aromatic rings. The molecule has 100 valence electrons. The highest BCUT2D eigenvalue weighted by atomic mass is 19.3. The Morgan fingerprint density at radius 1 is 1.33 bits per heavy atom. The van der Waals surface area contributed by atoms with E-state index in [-0.39, 0.29) is 41.4 Å². The van der Waals surface area contributed by atoms with Gasteiger partial charge in [-0.05, 0) is 18.7 Å². The SMILES string of the molecule is COc1cc(C(=O)CCN)cc(C(F)F)c1OC. The first kappa shape index (κ1) is 14.4. The van der Waals surface area contributed by atoms with Gasteiger partial charge in [-0.1, -0.05) is 0 Å². The molecule has 1 rings (SSSR count). The molecular weight excluding hydrogens is 244 g/mol. The van der Waals surface area contributed by atoms with E-state index in [2.05, 4.69) is 0 Å². The summed E-state index contributed by atoms with van der Waals surface area (Å²) in [7, 11) is 2.59. The smallest absolute Gasteiger partial charge is 0.267 e. The molecule has 0 saturated carbocycles. The lowest BCUT2D eigenvalue weighted by Gasteiger charge is -2.14. The first-order valence-electron chi connectivity index (χ1n) is 5.32. The van der Waals surface area contributed by atoms with Gasteiger partial charge in [-0.15, -0.1) is 0 Å². The number of alkyl halides is 2. The number of carbonyl (C=O) groups is 1. The van der Waals surface area contributed by atoms with E-state index >= 15 is 0 Å². The van der Waals surface area contributed by atoms with Gasteiger partial charge in [0.2, 0.25) is 0 Å². The van der Waals surface area contributed by atoms with Crippen molar-refractivity contribution in [2.24, 2.45) is 5.73 Å². The summed E-state index contributed by atoms with van der Waals surface area (Å²) in [6, 6.07) is 2.49. The van der Waals surface area contributed by atoms with E-state index in [1.807, 2.05) is 0 Å². The molecule has 0 bridgehead atoms. The van der Waals surface area contributed by atoms with Crippen LogP contribution in [0.5, 0.6) is 11.5 Å². The van der Waals surface area contributed by atoms with Gasteiger partial charge in [-0.2, -0.15) is 0 Å². The van der Waals surface area contributed by atoms with Gasteiger partial charge in [-0.3, -0.25) is 4.79 Å². The van der Waals surface area contributed by atoms with Crippen molar-refractivity contribution in [2.75, 3.05) is 20.8 Å². The minimum atomic E-state index is -2.75. The summed E-state index contributed by atoms with van der Waals surface area (Å²) in [5.41, 5.74) is 5.05. The average molecular weight is 259 g/mol. The van der Waals surface area contributed by atoms with Gasteiger partial charge in [-0.25, -0.2) is 8.78 Å². The summed E-state index contributed by atoms with van der Waals surface area (Å²) in [6.07, 6.45) is -2.66. The summed E-state index contributed by atoms with van der Waals surface area (Å²) in [4.78, 5) is 11.7. The van der Waals surface area contributed by atoms with Crippen LogP contribution in [-0.2, 0) is 0 Å². The van der Waals surface area contributed by atoms with E-state index in [9.17, 15) is 13.6 Å². The predicted octanol–water partition coefficient (Wildman–Crippen LogP) is 2.17. The second-order valence-corrected chi connectivity index (χ2v) is 3.56.